The van der Waals surface area contributed by atoms with E-state index >= 15 is 0 Å². The van der Waals surface area contributed by atoms with Crippen molar-refractivity contribution in [2.45, 2.75) is 19.4 Å². The van der Waals surface area contributed by atoms with E-state index < -0.39 is 5.97 Å². The molecule has 1 fully saturated rings. The van der Waals surface area contributed by atoms with Gasteiger partial charge in [0.25, 0.3) is 0 Å². The summed E-state index contributed by atoms with van der Waals surface area (Å²) in [6.07, 6.45) is 2.05. The van der Waals surface area contributed by atoms with Gasteiger partial charge in [-0.15, -0.1) is 0 Å². The average Bonchev–Trinajstić information content (AvgIpc) is 2.22. The third-order valence-electron chi connectivity index (χ3n) is 2.48. The van der Waals surface area contributed by atoms with Crippen LogP contribution >= 0.6 is 0 Å². The van der Waals surface area contributed by atoms with E-state index in [0.29, 0.717) is 6.42 Å². The zero-order chi connectivity index (χ0) is 8.88. The molecule has 0 radical (unpaired) electrons. The van der Waals surface area contributed by atoms with Crippen LogP contribution in [-0.4, -0.2) is 22.8 Å². The maximum absolute atomic E-state index is 11.0. The van der Waals surface area contributed by atoms with Crippen molar-refractivity contribution in [3.8, 4) is 0 Å². The van der Waals surface area contributed by atoms with Crippen molar-refractivity contribution in [1.82, 2.24) is 4.90 Å². The van der Waals surface area contributed by atoms with Crippen LogP contribution in [0.4, 0.5) is 0 Å². The van der Waals surface area contributed by atoms with Crippen LogP contribution in [0.5, 0.6) is 0 Å². The maximum Gasteiger partial charge on any atom is 1.00 e. The van der Waals surface area contributed by atoms with Crippen LogP contribution in [0.3, 0.4) is 0 Å². The average molecular weight is 189 g/mol. The van der Waals surface area contributed by atoms with Crippen LogP contribution in [0.25, 0.3) is 0 Å². The molecule has 5 heteroatoms. The predicted octanol–water partition coefficient (Wildman–Crippen LogP) is -4.13. The van der Waals surface area contributed by atoms with Gasteiger partial charge in [-0.05, 0) is 5.92 Å². The quantitative estimate of drug-likeness (QED) is 0.311. The van der Waals surface area contributed by atoms with Crippen molar-refractivity contribution in [2.24, 2.45) is 5.92 Å². The van der Waals surface area contributed by atoms with E-state index in [9.17, 15) is 14.7 Å². The van der Waals surface area contributed by atoms with Gasteiger partial charge in [-0.25, -0.2) is 0 Å². The molecule has 13 heavy (non-hydrogen) atoms. The number of carbonyl (C=O) groups is 2. The van der Waals surface area contributed by atoms with Crippen LogP contribution in [0.2, 0.25) is 0 Å². The fraction of sp³-hybridized carbons (Fsp3) is 0.500. The number of nitrogens with zero attached hydrogens (tertiary/aromatic N) is 1. The van der Waals surface area contributed by atoms with E-state index in [1.165, 1.54) is 4.90 Å². The molecule has 0 aromatic carbocycles. The van der Waals surface area contributed by atoms with Gasteiger partial charge < -0.3 is 14.8 Å². The van der Waals surface area contributed by atoms with Crippen molar-refractivity contribution >= 4 is 11.9 Å². The minimum Gasteiger partial charge on any atom is -0.543 e. The van der Waals surface area contributed by atoms with Gasteiger partial charge in [-0.1, -0.05) is 13.0 Å². The summed E-state index contributed by atoms with van der Waals surface area (Å²) < 4.78 is 0. The van der Waals surface area contributed by atoms with Crippen LogP contribution in [0.1, 0.15) is 13.3 Å². The van der Waals surface area contributed by atoms with Gasteiger partial charge in [-0.3, -0.25) is 4.79 Å². The number of hydrogen-bond acceptors (Lipinski definition) is 3. The standard InChI is InChI=1S/C8H9NO3.Na/c1-4-2-6(8(11)12)9-5(4)3-7(9)10;/h2,4-5H,3H2,1H3,(H,11,12);/q;+1/p-1/t4?,5-;/m0./s1. The first-order chi connectivity index (χ1) is 5.61. The number of aliphatic carboxylic acids is 1. The molecule has 0 saturated carbocycles. The summed E-state index contributed by atoms with van der Waals surface area (Å²) in [6, 6.07) is 0.0744. The van der Waals surface area contributed by atoms with E-state index in [1.54, 1.807) is 6.08 Å². The summed E-state index contributed by atoms with van der Waals surface area (Å²) in [5, 5.41) is 10.5. The number of fused-ring (bicyclic) bond motifs is 1. The molecule has 0 bridgehead atoms. The Bertz CT molecular complexity index is 300. The molecule has 0 aliphatic carbocycles. The Morgan fingerprint density at radius 2 is 2.31 bits per heavy atom. The first-order valence-corrected chi connectivity index (χ1v) is 3.86. The SMILES string of the molecule is CC1C=C(C(=O)[O-])N2C(=O)C[C@@H]12.[Na+]. The normalized spacial score (nSPS) is 30.1. The molecule has 4 nitrogen and oxygen atoms in total. The molecule has 1 unspecified atom stereocenters. The number of hydrogen-bond donors (Lipinski definition) is 0. The number of carbonyl (C=O) groups excluding carboxylic acids is 2. The number of rotatable bonds is 1. The van der Waals surface area contributed by atoms with E-state index in [0.717, 1.165) is 0 Å². The summed E-state index contributed by atoms with van der Waals surface area (Å²) >= 11 is 0. The Morgan fingerprint density at radius 1 is 1.69 bits per heavy atom. The number of β-lactam (4-membered cyclic amide) rings is 1. The molecule has 0 aromatic rings. The zero-order valence-electron chi connectivity index (χ0n) is 7.61. The van der Waals surface area contributed by atoms with Crippen molar-refractivity contribution in [1.29, 1.82) is 0 Å². The van der Waals surface area contributed by atoms with Gasteiger partial charge in [0.2, 0.25) is 5.91 Å². The number of amides is 1. The number of carboxylic acids is 1. The Balaban J connectivity index is 0.000000845. The zero-order valence-corrected chi connectivity index (χ0v) is 9.61. The fourth-order valence-electron chi connectivity index (χ4n) is 1.78. The second-order valence-corrected chi connectivity index (χ2v) is 3.23. The minimum atomic E-state index is -1.25. The summed E-state index contributed by atoms with van der Waals surface area (Å²) in [5.74, 6) is -1.21. The van der Waals surface area contributed by atoms with E-state index in [-0.39, 0.29) is 53.1 Å². The third kappa shape index (κ3) is 1.43. The second-order valence-electron chi connectivity index (χ2n) is 3.23. The van der Waals surface area contributed by atoms with E-state index in [1.807, 2.05) is 6.92 Å². The smallest absolute Gasteiger partial charge is 0.543 e. The first kappa shape index (κ1) is 10.8. The van der Waals surface area contributed by atoms with Crippen molar-refractivity contribution < 1.29 is 44.3 Å². The molecule has 2 heterocycles. The molecule has 1 amide bonds. The molecule has 64 valence electrons. The molecule has 0 spiro atoms. The van der Waals surface area contributed by atoms with Crippen molar-refractivity contribution in [3.05, 3.63) is 11.8 Å². The summed E-state index contributed by atoms with van der Waals surface area (Å²) in [4.78, 5) is 22.8. The third-order valence-corrected chi connectivity index (χ3v) is 2.48. The molecule has 1 saturated heterocycles. The largest absolute Gasteiger partial charge is 1.00 e. The van der Waals surface area contributed by atoms with Gasteiger partial charge in [-0.2, -0.15) is 0 Å². The predicted molar refractivity (Wildman–Crippen MR) is 37.5 cm³/mol. The molecular weight excluding hydrogens is 181 g/mol. The van der Waals surface area contributed by atoms with Gasteiger partial charge >= 0.3 is 29.6 Å². The molecule has 2 aliphatic rings. The maximum atomic E-state index is 11.0. The Hall–Kier alpha value is -0.320. The molecule has 0 aromatic heterocycles. The van der Waals surface area contributed by atoms with Crippen LogP contribution in [-0.2, 0) is 9.59 Å². The number of carboxylic acid groups (broad SMARTS) is 1. The van der Waals surface area contributed by atoms with Gasteiger partial charge in [0.1, 0.15) is 0 Å². The molecule has 2 rings (SSSR count). The fourth-order valence-corrected chi connectivity index (χ4v) is 1.78. The Morgan fingerprint density at radius 3 is 2.69 bits per heavy atom. The monoisotopic (exact) mass is 189 g/mol. The Labute approximate surface area is 97.9 Å². The molecular formula is C8H8NNaO3. The summed E-state index contributed by atoms with van der Waals surface area (Å²) in [6.45, 7) is 1.90. The summed E-state index contributed by atoms with van der Waals surface area (Å²) in [7, 11) is 0. The van der Waals surface area contributed by atoms with E-state index in [4.69, 9.17) is 0 Å². The molecule has 2 aliphatic heterocycles. The van der Waals surface area contributed by atoms with Crippen molar-refractivity contribution in [3.63, 3.8) is 0 Å². The first-order valence-electron chi connectivity index (χ1n) is 3.86. The van der Waals surface area contributed by atoms with Crippen LogP contribution < -0.4 is 34.7 Å². The van der Waals surface area contributed by atoms with Gasteiger partial charge in [0.05, 0.1) is 17.7 Å². The van der Waals surface area contributed by atoms with Gasteiger partial charge in [0.15, 0.2) is 0 Å². The topological polar surface area (TPSA) is 60.4 Å². The van der Waals surface area contributed by atoms with Crippen LogP contribution in [0, 0.1) is 5.92 Å². The minimum absolute atomic E-state index is 0. The molecule has 0 N–H and O–H groups in total. The summed E-state index contributed by atoms with van der Waals surface area (Å²) in [5.41, 5.74) is 0.0451. The van der Waals surface area contributed by atoms with E-state index in [2.05, 4.69) is 0 Å². The molecule has 2 atom stereocenters. The van der Waals surface area contributed by atoms with Crippen molar-refractivity contribution in [2.75, 3.05) is 0 Å². The van der Waals surface area contributed by atoms with Crippen LogP contribution in [0.15, 0.2) is 11.8 Å². The Kier molecular flexibility index (Phi) is 2.85. The second kappa shape index (κ2) is 3.44. The van der Waals surface area contributed by atoms with Gasteiger partial charge in [0, 0.05) is 6.42 Å².